The van der Waals surface area contributed by atoms with Crippen LogP contribution in [0.1, 0.15) is 23.3 Å². The first-order valence-corrected chi connectivity index (χ1v) is 8.66. The average Bonchev–Trinajstić information content (AvgIpc) is 2.69. The van der Waals surface area contributed by atoms with E-state index in [4.69, 9.17) is 0 Å². The monoisotopic (exact) mass is 349 g/mol. The largest absolute Gasteiger partial charge is 0.366 e. The maximum absolute atomic E-state index is 12.8. The van der Waals surface area contributed by atoms with Crippen molar-refractivity contribution in [3.63, 3.8) is 0 Å². The Morgan fingerprint density at radius 2 is 1.96 bits per heavy atom. The number of piperidine rings is 1. The topological polar surface area (TPSA) is 91.0 Å². The van der Waals surface area contributed by atoms with Gasteiger partial charge in [0.1, 0.15) is 11.5 Å². The zero-order chi connectivity index (χ0) is 17.9. The number of aromatic nitrogens is 3. The van der Waals surface area contributed by atoms with Gasteiger partial charge in [0.15, 0.2) is 0 Å². The highest BCUT2D eigenvalue weighted by Crippen LogP contribution is 2.17. The molecule has 7 heteroatoms. The Hall–Kier alpha value is -3.22. The van der Waals surface area contributed by atoms with Crippen LogP contribution in [0.5, 0.6) is 0 Å². The van der Waals surface area contributed by atoms with E-state index < -0.39 is 0 Å². The number of fused-ring (bicyclic) bond motifs is 1. The molecule has 0 bridgehead atoms. The minimum Gasteiger partial charge on any atom is -0.366 e. The van der Waals surface area contributed by atoms with Crippen LogP contribution in [0.4, 0.5) is 5.82 Å². The number of carbonyl (C=O) groups is 1. The van der Waals surface area contributed by atoms with Crippen LogP contribution in [0.3, 0.4) is 0 Å². The number of carbonyl (C=O) groups excluding carboxylic acids is 1. The van der Waals surface area contributed by atoms with Gasteiger partial charge in [-0.3, -0.25) is 9.59 Å². The molecule has 2 N–H and O–H groups in total. The number of pyridine rings is 1. The second kappa shape index (κ2) is 6.95. The van der Waals surface area contributed by atoms with E-state index in [-0.39, 0.29) is 17.5 Å². The molecule has 0 spiro atoms. The average molecular weight is 349 g/mol. The van der Waals surface area contributed by atoms with Crippen LogP contribution >= 0.6 is 0 Å². The number of nitrogens with one attached hydrogen (secondary N) is 2. The summed E-state index contributed by atoms with van der Waals surface area (Å²) in [5.74, 6) is 0.613. The quantitative estimate of drug-likeness (QED) is 0.755. The van der Waals surface area contributed by atoms with Crippen LogP contribution in [0, 0.1) is 0 Å². The van der Waals surface area contributed by atoms with Crippen molar-refractivity contribution in [2.45, 2.75) is 18.9 Å². The SMILES string of the molecule is O=C(c1cc2ccccc2c(=O)[nH]1)N1CCC(Nc2cccnn2)CC1. The Labute approximate surface area is 150 Å². The van der Waals surface area contributed by atoms with Crippen LogP contribution < -0.4 is 10.9 Å². The molecule has 0 unspecified atom stereocenters. The molecular weight excluding hydrogens is 330 g/mol. The van der Waals surface area contributed by atoms with Gasteiger partial charge < -0.3 is 15.2 Å². The molecule has 1 amide bonds. The number of aromatic amines is 1. The highest BCUT2D eigenvalue weighted by Gasteiger charge is 2.24. The first-order chi connectivity index (χ1) is 12.7. The van der Waals surface area contributed by atoms with Gasteiger partial charge in [-0.05, 0) is 42.5 Å². The fourth-order valence-electron chi connectivity index (χ4n) is 3.31. The lowest BCUT2D eigenvalue weighted by atomic mass is 10.0. The number of amides is 1. The minimum absolute atomic E-state index is 0.134. The van der Waals surface area contributed by atoms with Crippen molar-refractivity contribution in [1.82, 2.24) is 20.1 Å². The molecule has 2 aromatic heterocycles. The van der Waals surface area contributed by atoms with Crippen LogP contribution in [0.15, 0.2) is 53.5 Å². The Kier molecular flexibility index (Phi) is 4.35. The van der Waals surface area contributed by atoms with Gasteiger partial charge in [0.2, 0.25) is 0 Å². The zero-order valence-electron chi connectivity index (χ0n) is 14.2. The number of nitrogens with zero attached hydrogens (tertiary/aromatic N) is 3. The van der Waals surface area contributed by atoms with Crippen molar-refractivity contribution in [3.8, 4) is 0 Å². The molecule has 1 aromatic carbocycles. The van der Waals surface area contributed by atoms with Gasteiger partial charge in [-0.15, -0.1) is 5.10 Å². The van der Waals surface area contributed by atoms with Crippen molar-refractivity contribution in [1.29, 1.82) is 0 Å². The van der Waals surface area contributed by atoms with E-state index in [1.54, 1.807) is 23.2 Å². The van der Waals surface area contributed by atoms with Crippen molar-refractivity contribution < 1.29 is 4.79 Å². The molecule has 0 aliphatic carbocycles. The van der Waals surface area contributed by atoms with E-state index in [0.29, 0.717) is 24.2 Å². The van der Waals surface area contributed by atoms with Gasteiger partial charge >= 0.3 is 0 Å². The molecule has 7 nitrogen and oxygen atoms in total. The molecule has 1 aliphatic rings. The zero-order valence-corrected chi connectivity index (χ0v) is 14.2. The summed E-state index contributed by atoms with van der Waals surface area (Å²) in [5, 5.41) is 12.6. The summed E-state index contributed by atoms with van der Waals surface area (Å²) >= 11 is 0. The number of H-pyrrole nitrogens is 1. The smallest absolute Gasteiger partial charge is 0.270 e. The van der Waals surface area contributed by atoms with Crippen molar-refractivity contribution in [2.75, 3.05) is 18.4 Å². The summed E-state index contributed by atoms with van der Waals surface area (Å²) in [7, 11) is 0. The molecule has 0 radical (unpaired) electrons. The fourth-order valence-corrected chi connectivity index (χ4v) is 3.31. The number of anilines is 1. The number of rotatable bonds is 3. The predicted octanol–water partition coefficient (Wildman–Crippen LogP) is 2.03. The molecule has 1 saturated heterocycles. The Bertz CT molecular complexity index is 978. The molecule has 3 heterocycles. The van der Waals surface area contributed by atoms with E-state index >= 15 is 0 Å². The van der Waals surface area contributed by atoms with Gasteiger partial charge in [0, 0.05) is 30.7 Å². The van der Waals surface area contributed by atoms with Crippen molar-refractivity contribution >= 4 is 22.5 Å². The summed E-state index contributed by atoms with van der Waals surface area (Å²) in [4.78, 5) is 29.5. The van der Waals surface area contributed by atoms with E-state index in [1.165, 1.54) is 0 Å². The Balaban J connectivity index is 1.44. The number of hydrogen-bond acceptors (Lipinski definition) is 5. The van der Waals surface area contributed by atoms with E-state index in [2.05, 4.69) is 20.5 Å². The van der Waals surface area contributed by atoms with Crippen LogP contribution in [-0.2, 0) is 0 Å². The Morgan fingerprint density at radius 3 is 2.73 bits per heavy atom. The van der Waals surface area contributed by atoms with Gasteiger partial charge in [0.05, 0.1) is 0 Å². The Morgan fingerprint density at radius 1 is 1.15 bits per heavy atom. The highest BCUT2D eigenvalue weighted by molar-refractivity contribution is 5.96. The van der Waals surface area contributed by atoms with Gasteiger partial charge in [-0.25, -0.2) is 0 Å². The predicted molar refractivity (Wildman–Crippen MR) is 99.1 cm³/mol. The lowest BCUT2D eigenvalue weighted by Gasteiger charge is -2.32. The summed E-state index contributed by atoms with van der Waals surface area (Å²) < 4.78 is 0. The van der Waals surface area contributed by atoms with E-state index in [9.17, 15) is 9.59 Å². The maximum atomic E-state index is 12.8. The van der Waals surface area contributed by atoms with Gasteiger partial charge in [-0.2, -0.15) is 5.10 Å². The van der Waals surface area contributed by atoms with E-state index in [1.807, 2.05) is 30.3 Å². The van der Waals surface area contributed by atoms with E-state index in [0.717, 1.165) is 24.0 Å². The second-order valence-electron chi connectivity index (χ2n) is 6.42. The van der Waals surface area contributed by atoms with Crippen LogP contribution in [0.2, 0.25) is 0 Å². The third-order valence-electron chi connectivity index (χ3n) is 4.69. The first-order valence-electron chi connectivity index (χ1n) is 8.66. The number of hydrogen-bond donors (Lipinski definition) is 2. The van der Waals surface area contributed by atoms with Gasteiger partial charge in [-0.1, -0.05) is 18.2 Å². The molecule has 1 fully saturated rings. The van der Waals surface area contributed by atoms with Crippen LogP contribution in [-0.4, -0.2) is 45.1 Å². The molecule has 1 aliphatic heterocycles. The molecule has 26 heavy (non-hydrogen) atoms. The molecular formula is C19H19N5O2. The lowest BCUT2D eigenvalue weighted by Crippen LogP contribution is -2.43. The molecule has 132 valence electrons. The van der Waals surface area contributed by atoms with Crippen LogP contribution in [0.25, 0.3) is 10.8 Å². The highest BCUT2D eigenvalue weighted by atomic mass is 16.2. The molecule has 0 atom stereocenters. The molecule has 3 aromatic rings. The second-order valence-corrected chi connectivity index (χ2v) is 6.42. The number of benzene rings is 1. The summed E-state index contributed by atoms with van der Waals surface area (Å²) in [6, 6.07) is 13.0. The minimum atomic E-state index is -0.231. The standard InChI is InChI=1S/C19H19N5O2/c25-18-15-5-2-1-4-13(15)12-16(22-18)19(26)24-10-7-14(8-11-24)21-17-6-3-9-20-23-17/h1-6,9,12,14H,7-8,10-11H2,(H,21,23)(H,22,25). The van der Waals surface area contributed by atoms with Crippen molar-refractivity contribution in [2.24, 2.45) is 0 Å². The van der Waals surface area contributed by atoms with Crippen molar-refractivity contribution in [3.05, 3.63) is 64.7 Å². The lowest BCUT2D eigenvalue weighted by molar-refractivity contribution is 0.0712. The summed E-state index contributed by atoms with van der Waals surface area (Å²) in [5.41, 5.74) is 0.111. The molecule has 0 saturated carbocycles. The fraction of sp³-hybridized carbons (Fsp3) is 0.263. The summed E-state index contributed by atoms with van der Waals surface area (Å²) in [6.45, 7) is 1.26. The van der Waals surface area contributed by atoms with Gasteiger partial charge in [0.25, 0.3) is 11.5 Å². The maximum Gasteiger partial charge on any atom is 0.270 e. The third-order valence-corrected chi connectivity index (χ3v) is 4.69. The normalized spacial score (nSPS) is 15.2. The first kappa shape index (κ1) is 16.3. The number of likely N-dealkylation sites (tertiary alicyclic amines) is 1. The third kappa shape index (κ3) is 3.28. The summed E-state index contributed by atoms with van der Waals surface area (Å²) in [6.07, 6.45) is 3.27. The molecule has 4 rings (SSSR count).